The number of hydrogen-bond acceptors (Lipinski definition) is 1. The van der Waals surface area contributed by atoms with Crippen LogP contribution in [-0.4, -0.2) is 17.0 Å². The van der Waals surface area contributed by atoms with Crippen LogP contribution in [0.2, 0.25) is 0 Å². The molecule has 2 atom stereocenters. The zero-order valence-corrected chi connectivity index (χ0v) is 15.4. The maximum absolute atomic E-state index is 4.49. The van der Waals surface area contributed by atoms with Crippen LogP contribution in [0.3, 0.4) is 0 Å². The molecule has 0 saturated carbocycles. The van der Waals surface area contributed by atoms with Crippen LogP contribution in [0.15, 0.2) is 43.0 Å². The Hall–Kier alpha value is -1.50. The zero-order valence-electron chi connectivity index (χ0n) is 15.4. The van der Waals surface area contributed by atoms with Gasteiger partial charge in [0.25, 0.3) is 0 Å². The number of hydrogen-bond donors (Lipinski definition) is 0. The van der Waals surface area contributed by atoms with Crippen molar-refractivity contribution in [3.05, 3.63) is 54.1 Å². The van der Waals surface area contributed by atoms with Crippen molar-refractivity contribution in [1.29, 1.82) is 0 Å². The summed E-state index contributed by atoms with van der Waals surface area (Å²) >= 11 is 0. The third-order valence-electron chi connectivity index (χ3n) is 5.16. The van der Waals surface area contributed by atoms with E-state index in [9.17, 15) is 0 Å². The number of aryl methyl sites for hydroxylation is 1. The maximum Gasteiger partial charge on any atom is 0.0371 e. The topological polar surface area (TPSA) is 3.24 Å². The van der Waals surface area contributed by atoms with Crippen LogP contribution < -0.4 is 0 Å². The van der Waals surface area contributed by atoms with E-state index in [1.165, 1.54) is 48.1 Å². The average molecular weight is 312 g/mol. The van der Waals surface area contributed by atoms with Gasteiger partial charge >= 0.3 is 0 Å². The molecule has 126 valence electrons. The Kier molecular flexibility index (Phi) is 6.10. The summed E-state index contributed by atoms with van der Waals surface area (Å²) in [6.07, 6.45) is 6.21. The third-order valence-corrected chi connectivity index (χ3v) is 5.16. The van der Waals surface area contributed by atoms with E-state index in [2.05, 4.69) is 70.0 Å². The number of benzene rings is 1. The van der Waals surface area contributed by atoms with Crippen LogP contribution in [-0.2, 0) is 0 Å². The van der Waals surface area contributed by atoms with Crippen LogP contribution in [0.5, 0.6) is 0 Å². The molecule has 1 saturated heterocycles. The first-order valence-electron chi connectivity index (χ1n) is 9.08. The molecular weight excluding hydrogens is 278 g/mol. The Morgan fingerprint density at radius 1 is 1.17 bits per heavy atom. The molecule has 23 heavy (non-hydrogen) atoms. The van der Waals surface area contributed by atoms with Crippen LogP contribution >= 0.6 is 0 Å². The van der Waals surface area contributed by atoms with Crippen LogP contribution in [0.4, 0.5) is 0 Å². The molecule has 2 rings (SSSR count). The molecule has 1 aliphatic rings. The summed E-state index contributed by atoms with van der Waals surface area (Å²) < 4.78 is 0. The van der Waals surface area contributed by atoms with Crippen LogP contribution in [0.25, 0.3) is 5.70 Å². The summed E-state index contributed by atoms with van der Waals surface area (Å²) in [4.78, 5) is 2.64. The summed E-state index contributed by atoms with van der Waals surface area (Å²) in [5.41, 5.74) is 5.07. The average Bonchev–Trinajstić information content (AvgIpc) is 2.52. The fourth-order valence-corrected chi connectivity index (χ4v) is 3.78. The third kappa shape index (κ3) is 4.50. The second kappa shape index (κ2) is 7.86. The van der Waals surface area contributed by atoms with Crippen molar-refractivity contribution in [1.82, 2.24) is 4.90 Å². The van der Waals surface area contributed by atoms with Gasteiger partial charge in [0.1, 0.15) is 0 Å². The van der Waals surface area contributed by atoms with Gasteiger partial charge in [0, 0.05) is 17.8 Å². The second-order valence-electron chi connectivity index (χ2n) is 7.61. The molecule has 0 aliphatic carbocycles. The minimum atomic E-state index is 0.599. The molecule has 1 heteroatoms. The molecule has 0 N–H and O–H groups in total. The lowest BCUT2D eigenvalue weighted by Crippen LogP contribution is -2.47. The second-order valence-corrected chi connectivity index (χ2v) is 7.61. The fourth-order valence-electron chi connectivity index (χ4n) is 3.78. The van der Waals surface area contributed by atoms with Gasteiger partial charge in [-0.25, -0.2) is 0 Å². The lowest BCUT2D eigenvalue weighted by molar-refractivity contribution is 0.113. The lowest BCUT2D eigenvalue weighted by Gasteiger charge is -2.47. The normalized spacial score (nSPS) is 21.5. The van der Waals surface area contributed by atoms with Gasteiger partial charge in [0.2, 0.25) is 0 Å². The van der Waals surface area contributed by atoms with Crippen molar-refractivity contribution in [3.8, 4) is 0 Å². The highest BCUT2D eigenvalue weighted by Gasteiger charge is 2.33. The van der Waals surface area contributed by atoms with E-state index < -0.39 is 0 Å². The fraction of sp³-hybridized carbons (Fsp3) is 0.545. The van der Waals surface area contributed by atoms with Gasteiger partial charge in [-0.15, -0.1) is 6.58 Å². The lowest BCUT2D eigenvalue weighted by atomic mass is 9.85. The molecule has 0 bridgehead atoms. The van der Waals surface area contributed by atoms with E-state index in [4.69, 9.17) is 0 Å². The first-order chi connectivity index (χ1) is 10.9. The molecule has 1 aliphatic heterocycles. The number of piperidine rings is 1. The predicted molar refractivity (Wildman–Crippen MR) is 102 cm³/mol. The Balaban J connectivity index is 2.26. The standard InChI is InChI=1S/C22H33N/c1-16(2)10-15-21-8-7-9-22(17(3)4)23(21)19(6)20-13-11-18(5)12-14-20/h11-14,17,21-22H,1,6-10,15H2,2-5H3. The minimum Gasteiger partial charge on any atom is -0.365 e. The first-order valence-corrected chi connectivity index (χ1v) is 9.08. The van der Waals surface area contributed by atoms with Crippen molar-refractivity contribution in [2.24, 2.45) is 5.92 Å². The molecular formula is C22H33N. The highest BCUT2D eigenvalue weighted by Crippen LogP contribution is 2.36. The minimum absolute atomic E-state index is 0.599. The molecule has 1 nitrogen and oxygen atoms in total. The number of likely N-dealkylation sites (tertiary alicyclic amines) is 1. The molecule has 2 unspecified atom stereocenters. The molecule has 1 aromatic carbocycles. The quantitative estimate of drug-likeness (QED) is 0.565. The monoisotopic (exact) mass is 311 g/mol. The highest BCUT2D eigenvalue weighted by atomic mass is 15.2. The summed E-state index contributed by atoms with van der Waals surface area (Å²) in [6, 6.07) is 10.0. The van der Waals surface area contributed by atoms with Crippen molar-refractivity contribution < 1.29 is 0 Å². The van der Waals surface area contributed by atoms with Crippen LogP contribution in [0.1, 0.15) is 64.0 Å². The summed E-state index contributed by atoms with van der Waals surface area (Å²) in [5, 5.41) is 0. The van der Waals surface area contributed by atoms with Gasteiger partial charge in [0.05, 0.1) is 0 Å². The molecule has 1 aromatic rings. The Bertz CT molecular complexity index is 538. The first kappa shape index (κ1) is 17.8. The SMILES string of the molecule is C=C(C)CCC1CCCC(C(C)C)N1C(=C)c1ccc(C)cc1. The van der Waals surface area contributed by atoms with Gasteiger partial charge in [-0.05, 0) is 57.4 Å². The van der Waals surface area contributed by atoms with Gasteiger partial charge < -0.3 is 4.90 Å². The van der Waals surface area contributed by atoms with E-state index in [-0.39, 0.29) is 0 Å². The largest absolute Gasteiger partial charge is 0.365 e. The van der Waals surface area contributed by atoms with Gasteiger partial charge in [-0.2, -0.15) is 0 Å². The Morgan fingerprint density at radius 2 is 1.83 bits per heavy atom. The summed E-state index contributed by atoms with van der Waals surface area (Å²) in [6.45, 7) is 17.6. The van der Waals surface area contributed by atoms with Gasteiger partial charge in [0.15, 0.2) is 0 Å². The molecule has 1 heterocycles. The van der Waals surface area contributed by atoms with E-state index in [1.54, 1.807) is 0 Å². The number of rotatable bonds is 6. The predicted octanol–water partition coefficient (Wildman–Crippen LogP) is 6.20. The van der Waals surface area contributed by atoms with E-state index in [0.717, 1.165) is 6.42 Å². The molecule has 1 fully saturated rings. The van der Waals surface area contributed by atoms with Crippen molar-refractivity contribution in [2.75, 3.05) is 0 Å². The molecule has 0 amide bonds. The maximum atomic E-state index is 4.49. The van der Waals surface area contributed by atoms with E-state index in [1.807, 2.05) is 0 Å². The van der Waals surface area contributed by atoms with Crippen molar-refractivity contribution in [3.63, 3.8) is 0 Å². The summed E-state index contributed by atoms with van der Waals surface area (Å²) in [5.74, 6) is 0.657. The van der Waals surface area contributed by atoms with Crippen molar-refractivity contribution >= 4 is 5.70 Å². The van der Waals surface area contributed by atoms with Crippen LogP contribution in [0, 0.1) is 12.8 Å². The molecule has 0 aromatic heterocycles. The highest BCUT2D eigenvalue weighted by molar-refractivity contribution is 5.63. The molecule has 0 radical (unpaired) electrons. The smallest absolute Gasteiger partial charge is 0.0371 e. The van der Waals surface area contributed by atoms with Gasteiger partial charge in [-0.3, -0.25) is 0 Å². The molecule has 0 spiro atoms. The van der Waals surface area contributed by atoms with Gasteiger partial charge in [-0.1, -0.05) is 55.8 Å². The Labute approximate surface area is 143 Å². The van der Waals surface area contributed by atoms with Crippen molar-refractivity contribution in [2.45, 2.75) is 71.9 Å². The number of allylic oxidation sites excluding steroid dienone is 1. The number of nitrogens with zero attached hydrogens (tertiary/aromatic N) is 1. The zero-order chi connectivity index (χ0) is 17.0. The Morgan fingerprint density at radius 3 is 2.39 bits per heavy atom. The summed E-state index contributed by atoms with van der Waals surface area (Å²) in [7, 11) is 0. The van der Waals surface area contributed by atoms with E-state index >= 15 is 0 Å². The van der Waals surface area contributed by atoms with E-state index in [0.29, 0.717) is 18.0 Å².